The molecule has 8 heteroatoms. The van der Waals surface area contributed by atoms with Crippen LogP contribution in [0.5, 0.6) is 0 Å². The van der Waals surface area contributed by atoms with Gasteiger partial charge in [-0.15, -0.1) is 0 Å². The summed E-state index contributed by atoms with van der Waals surface area (Å²) < 4.78 is 15.7. The first-order valence-corrected chi connectivity index (χ1v) is 10.7. The van der Waals surface area contributed by atoms with Crippen LogP contribution < -0.4 is 5.56 Å². The third-order valence-corrected chi connectivity index (χ3v) is 6.04. The zero-order valence-corrected chi connectivity index (χ0v) is 18.1. The average molecular weight is 443 g/mol. The van der Waals surface area contributed by atoms with Gasteiger partial charge in [-0.2, -0.15) is 5.10 Å². The van der Waals surface area contributed by atoms with Gasteiger partial charge in [-0.3, -0.25) is 19.7 Å². The van der Waals surface area contributed by atoms with Crippen molar-refractivity contribution in [3.05, 3.63) is 105 Å². The summed E-state index contributed by atoms with van der Waals surface area (Å²) >= 11 is 0. The number of amides is 1. The fourth-order valence-corrected chi connectivity index (χ4v) is 4.30. The highest BCUT2D eigenvalue weighted by molar-refractivity contribution is 5.93. The van der Waals surface area contributed by atoms with E-state index >= 15 is 0 Å². The van der Waals surface area contributed by atoms with Crippen LogP contribution in [0.1, 0.15) is 32.7 Å². The van der Waals surface area contributed by atoms with Crippen molar-refractivity contribution in [1.82, 2.24) is 24.6 Å². The topological polar surface area (TPSA) is 83.9 Å². The molecule has 0 fully saturated rings. The Balaban J connectivity index is 1.61. The summed E-state index contributed by atoms with van der Waals surface area (Å²) in [5.41, 5.74) is 4.68. The number of pyridine rings is 2. The first-order chi connectivity index (χ1) is 16.0. The van der Waals surface area contributed by atoms with Gasteiger partial charge in [0, 0.05) is 49.4 Å². The molecular formula is C25H22FN5O2. The van der Waals surface area contributed by atoms with E-state index in [4.69, 9.17) is 0 Å². The molecule has 0 radical (unpaired) electrons. The fourth-order valence-electron chi connectivity index (χ4n) is 4.30. The number of rotatable bonds is 4. The van der Waals surface area contributed by atoms with Gasteiger partial charge in [-0.1, -0.05) is 12.1 Å². The van der Waals surface area contributed by atoms with E-state index in [0.717, 1.165) is 16.8 Å². The molecule has 1 aliphatic heterocycles. The highest BCUT2D eigenvalue weighted by Crippen LogP contribution is 2.26. The van der Waals surface area contributed by atoms with Gasteiger partial charge in [0.2, 0.25) is 0 Å². The number of nitrogens with one attached hydrogen (secondary N) is 1. The summed E-state index contributed by atoms with van der Waals surface area (Å²) in [7, 11) is 0. The normalized spacial score (nSPS) is 13.1. The lowest BCUT2D eigenvalue weighted by atomic mass is 9.97. The summed E-state index contributed by atoms with van der Waals surface area (Å²) in [4.78, 5) is 32.4. The lowest BCUT2D eigenvalue weighted by molar-refractivity contribution is 0.0732. The summed E-state index contributed by atoms with van der Waals surface area (Å²) in [5.74, 6) is -0.428. The Morgan fingerprint density at radius 1 is 1.21 bits per heavy atom. The number of nitrogens with zero attached hydrogens (tertiary/aromatic N) is 4. The molecule has 7 nitrogen and oxygen atoms in total. The van der Waals surface area contributed by atoms with E-state index in [9.17, 15) is 14.0 Å². The molecule has 1 amide bonds. The van der Waals surface area contributed by atoms with Gasteiger partial charge in [-0.25, -0.2) is 4.39 Å². The average Bonchev–Trinajstić information content (AvgIpc) is 3.37. The van der Waals surface area contributed by atoms with Gasteiger partial charge in [0.25, 0.3) is 11.5 Å². The van der Waals surface area contributed by atoms with Crippen LogP contribution in [0.4, 0.5) is 4.39 Å². The quantitative estimate of drug-likeness (QED) is 0.525. The first-order valence-electron chi connectivity index (χ1n) is 10.7. The number of benzene rings is 1. The number of aromatic amines is 1. The zero-order chi connectivity index (χ0) is 22.9. The van der Waals surface area contributed by atoms with Crippen molar-refractivity contribution >= 4 is 5.91 Å². The maximum absolute atomic E-state index is 13.9. The molecule has 0 atom stereocenters. The predicted molar refractivity (Wildman–Crippen MR) is 121 cm³/mol. The second-order valence-corrected chi connectivity index (χ2v) is 8.21. The number of aryl methyl sites for hydroxylation is 1. The molecule has 5 rings (SSSR count). The van der Waals surface area contributed by atoms with Gasteiger partial charge >= 0.3 is 0 Å². The molecule has 33 heavy (non-hydrogen) atoms. The molecule has 1 aromatic carbocycles. The second kappa shape index (κ2) is 8.46. The molecular weight excluding hydrogens is 421 g/mol. The van der Waals surface area contributed by atoms with Crippen molar-refractivity contribution in [3.8, 4) is 11.1 Å². The number of fused-ring (bicyclic) bond motifs is 1. The van der Waals surface area contributed by atoms with E-state index in [1.54, 1.807) is 47.1 Å². The summed E-state index contributed by atoms with van der Waals surface area (Å²) in [5, 5.41) is 6.54. The Morgan fingerprint density at radius 3 is 2.82 bits per heavy atom. The Bertz CT molecular complexity index is 1380. The summed E-state index contributed by atoms with van der Waals surface area (Å²) in [6.07, 6.45) is 7.07. The summed E-state index contributed by atoms with van der Waals surface area (Å²) in [6.45, 7) is 2.92. The molecule has 1 N–H and O–H groups in total. The smallest absolute Gasteiger partial charge is 0.258 e. The van der Waals surface area contributed by atoms with E-state index in [2.05, 4.69) is 15.2 Å². The first kappa shape index (κ1) is 20.8. The number of carbonyl (C=O) groups excluding carboxylic acids is 1. The third-order valence-electron chi connectivity index (χ3n) is 6.04. The Labute approximate surface area is 189 Å². The van der Waals surface area contributed by atoms with E-state index < -0.39 is 0 Å². The van der Waals surface area contributed by atoms with Crippen molar-refractivity contribution in [2.45, 2.75) is 26.4 Å². The van der Waals surface area contributed by atoms with Crippen molar-refractivity contribution in [1.29, 1.82) is 0 Å². The fraction of sp³-hybridized carbons (Fsp3) is 0.200. The van der Waals surface area contributed by atoms with E-state index in [-0.39, 0.29) is 17.3 Å². The van der Waals surface area contributed by atoms with Crippen molar-refractivity contribution < 1.29 is 9.18 Å². The molecule has 0 aliphatic carbocycles. The third kappa shape index (κ3) is 3.95. The van der Waals surface area contributed by atoms with Gasteiger partial charge in [-0.05, 0) is 53.4 Å². The van der Waals surface area contributed by atoms with Crippen molar-refractivity contribution in [3.63, 3.8) is 0 Å². The van der Waals surface area contributed by atoms with Crippen LogP contribution in [0, 0.1) is 12.7 Å². The zero-order valence-electron chi connectivity index (χ0n) is 18.1. The SMILES string of the molecule is Cc1cc(-c2cc3c(n(Cc4cccnc4)c2=O)CCN(C(=O)c2cn[nH]c2)C3)ccc1F. The largest absolute Gasteiger partial charge is 0.334 e. The predicted octanol–water partition coefficient (Wildman–Crippen LogP) is 3.33. The molecule has 0 spiro atoms. The van der Waals surface area contributed by atoms with Crippen LogP contribution in [0.3, 0.4) is 0 Å². The van der Waals surface area contributed by atoms with Crippen LogP contribution in [0.15, 0.2) is 66.0 Å². The standard InChI is InChI=1S/C25H22FN5O2/c1-16-9-18(4-5-22(16)26)21-10-19-15-30(24(32)20-12-28-29-13-20)8-6-23(19)31(25(21)33)14-17-3-2-7-27-11-17/h2-5,7,9-13H,6,8,14-15H2,1H3,(H,28,29). The number of hydrogen-bond acceptors (Lipinski definition) is 4. The lowest BCUT2D eigenvalue weighted by Crippen LogP contribution is -2.39. The molecule has 1 aliphatic rings. The van der Waals surface area contributed by atoms with E-state index in [1.807, 2.05) is 18.2 Å². The molecule has 4 heterocycles. The number of hydrogen-bond donors (Lipinski definition) is 1. The molecule has 0 bridgehead atoms. The van der Waals surface area contributed by atoms with Crippen molar-refractivity contribution in [2.75, 3.05) is 6.54 Å². The van der Waals surface area contributed by atoms with Gasteiger partial charge in [0.1, 0.15) is 5.82 Å². The van der Waals surface area contributed by atoms with Crippen LogP contribution >= 0.6 is 0 Å². The number of aromatic nitrogens is 4. The number of carbonyl (C=O) groups is 1. The number of H-pyrrole nitrogens is 1. The van der Waals surface area contributed by atoms with Crippen LogP contribution in [-0.4, -0.2) is 37.1 Å². The second-order valence-electron chi connectivity index (χ2n) is 8.21. The van der Waals surface area contributed by atoms with Crippen LogP contribution in [0.2, 0.25) is 0 Å². The molecule has 4 aromatic rings. The van der Waals surface area contributed by atoms with Gasteiger partial charge in [0.15, 0.2) is 0 Å². The Kier molecular flexibility index (Phi) is 5.34. The van der Waals surface area contributed by atoms with Gasteiger partial charge in [0.05, 0.1) is 18.3 Å². The highest BCUT2D eigenvalue weighted by atomic mass is 19.1. The molecule has 0 saturated carbocycles. The minimum absolute atomic E-state index is 0.112. The molecule has 0 unspecified atom stereocenters. The Hall–Kier alpha value is -4.07. The maximum atomic E-state index is 13.9. The lowest BCUT2D eigenvalue weighted by Gasteiger charge is -2.31. The monoisotopic (exact) mass is 443 g/mol. The molecule has 3 aromatic heterocycles. The highest BCUT2D eigenvalue weighted by Gasteiger charge is 2.26. The molecule has 0 saturated heterocycles. The number of halogens is 1. The minimum atomic E-state index is -0.315. The maximum Gasteiger partial charge on any atom is 0.258 e. The Morgan fingerprint density at radius 2 is 2.09 bits per heavy atom. The van der Waals surface area contributed by atoms with E-state index in [1.165, 1.54) is 12.3 Å². The van der Waals surface area contributed by atoms with Crippen LogP contribution in [0.25, 0.3) is 11.1 Å². The van der Waals surface area contributed by atoms with E-state index in [0.29, 0.717) is 48.3 Å². The van der Waals surface area contributed by atoms with Crippen LogP contribution in [-0.2, 0) is 19.5 Å². The van der Waals surface area contributed by atoms with Gasteiger partial charge < -0.3 is 9.47 Å². The minimum Gasteiger partial charge on any atom is -0.334 e. The molecule has 166 valence electrons. The summed E-state index contributed by atoms with van der Waals surface area (Å²) in [6, 6.07) is 10.3. The van der Waals surface area contributed by atoms with Crippen molar-refractivity contribution in [2.24, 2.45) is 0 Å².